The lowest BCUT2D eigenvalue weighted by molar-refractivity contribution is 0.466. The second kappa shape index (κ2) is 3.76. The SMILES string of the molecule is O=S(=O)(F)CCCCF. The second-order valence-electron chi connectivity index (χ2n) is 1.64. The monoisotopic (exact) mass is 158 g/mol. The minimum Gasteiger partial charge on any atom is -0.251 e. The topological polar surface area (TPSA) is 34.1 Å². The Morgan fingerprint density at radius 2 is 1.78 bits per heavy atom. The molecule has 0 aliphatic heterocycles. The van der Waals surface area contributed by atoms with E-state index in [9.17, 15) is 16.7 Å². The summed E-state index contributed by atoms with van der Waals surface area (Å²) < 4.78 is 42.2. The van der Waals surface area contributed by atoms with Crippen LogP contribution in [0.1, 0.15) is 12.8 Å². The molecule has 0 unspecified atom stereocenters. The third-order valence-electron chi connectivity index (χ3n) is 0.772. The first-order valence-electron chi connectivity index (χ1n) is 2.54. The van der Waals surface area contributed by atoms with E-state index < -0.39 is 22.7 Å². The van der Waals surface area contributed by atoms with Crippen molar-refractivity contribution >= 4 is 10.2 Å². The van der Waals surface area contributed by atoms with E-state index in [0.29, 0.717) is 0 Å². The van der Waals surface area contributed by atoms with Gasteiger partial charge in [-0.1, -0.05) is 0 Å². The zero-order chi connectivity index (χ0) is 7.33. The Labute approximate surface area is 53.1 Å². The summed E-state index contributed by atoms with van der Waals surface area (Å²) in [4.78, 5) is 0. The first kappa shape index (κ1) is 8.81. The third-order valence-corrected chi connectivity index (χ3v) is 1.55. The summed E-state index contributed by atoms with van der Waals surface area (Å²) in [6.07, 6.45) is 0.179. The molecule has 9 heavy (non-hydrogen) atoms. The molecule has 0 rings (SSSR count). The van der Waals surface area contributed by atoms with E-state index in [1.807, 2.05) is 0 Å². The van der Waals surface area contributed by atoms with Gasteiger partial charge in [-0.25, -0.2) is 0 Å². The minimum atomic E-state index is -4.36. The average Bonchev–Trinajstić information content (AvgIpc) is 1.63. The number of rotatable bonds is 4. The van der Waals surface area contributed by atoms with Crippen molar-refractivity contribution in [2.24, 2.45) is 0 Å². The van der Waals surface area contributed by atoms with Crippen LogP contribution in [0.25, 0.3) is 0 Å². The molecule has 5 heteroatoms. The Hall–Kier alpha value is -0.190. The van der Waals surface area contributed by atoms with Crippen molar-refractivity contribution in [3.63, 3.8) is 0 Å². The minimum absolute atomic E-state index is 0.0648. The van der Waals surface area contributed by atoms with Crippen molar-refractivity contribution in [3.8, 4) is 0 Å². The maximum Gasteiger partial charge on any atom is 0.302 e. The number of halogens is 2. The highest BCUT2D eigenvalue weighted by atomic mass is 32.3. The maximum absolute atomic E-state index is 11.6. The van der Waals surface area contributed by atoms with Crippen molar-refractivity contribution in [1.29, 1.82) is 0 Å². The van der Waals surface area contributed by atoms with Crippen molar-refractivity contribution in [3.05, 3.63) is 0 Å². The van der Waals surface area contributed by atoms with Crippen molar-refractivity contribution in [2.45, 2.75) is 12.8 Å². The van der Waals surface area contributed by atoms with Crippen LogP contribution < -0.4 is 0 Å². The smallest absolute Gasteiger partial charge is 0.251 e. The van der Waals surface area contributed by atoms with Crippen LogP contribution in [-0.4, -0.2) is 20.8 Å². The average molecular weight is 158 g/mol. The fourth-order valence-corrected chi connectivity index (χ4v) is 0.918. The highest BCUT2D eigenvalue weighted by Crippen LogP contribution is 1.97. The van der Waals surface area contributed by atoms with Crippen molar-refractivity contribution in [1.82, 2.24) is 0 Å². The molecular formula is C4H8F2O2S. The fraction of sp³-hybridized carbons (Fsp3) is 1.00. The first-order chi connectivity index (χ1) is 4.06. The quantitative estimate of drug-likeness (QED) is 0.452. The third kappa shape index (κ3) is 7.81. The van der Waals surface area contributed by atoms with E-state index in [4.69, 9.17) is 0 Å². The van der Waals surface area contributed by atoms with Gasteiger partial charge >= 0.3 is 10.2 Å². The van der Waals surface area contributed by atoms with Gasteiger partial charge in [0.2, 0.25) is 0 Å². The van der Waals surface area contributed by atoms with Crippen molar-refractivity contribution in [2.75, 3.05) is 12.4 Å². The second-order valence-corrected chi connectivity index (χ2v) is 3.12. The highest BCUT2D eigenvalue weighted by Gasteiger charge is 2.04. The molecule has 0 saturated heterocycles. The van der Waals surface area contributed by atoms with E-state index in [-0.39, 0.29) is 12.8 Å². The van der Waals surface area contributed by atoms with Gasteiger partial charge < -0.3 is 0 Å². The van der Waals surface area contributed by atoms with Gasteiger partial charge in [0, 0.05) is 0 Å². The summed E-state index contributed by atoms with van der Waals surface area (Å²) >= 11 is 0. The molecule has 0 heterocycles. The van der Waals surface area contributed by atoms with E-state index in [1.165, 1.54) is 0 Å². The van der Waals surface area contributed by atoms with Crippen LogP contribution in [-0.2, 0) is 10.2 Å². The number of hydrogen-bond donors (Lipinski definition) is 0. The van der Waals surface area contributed by atoms with Gasteiger partial charge in [-0.3, -0.25) is 4.39 Å². The summed E-state index contributed by atoms with van der Waals surface area (Å²) in [5, 5.41) is 0. The molecule has 56 valence electrons. The van der Waals surface area contributed by atoms with Crippen LogP contribution in [0.2, 0.25) is 0 Å². The van der Waals surface area contributed by atoms with Crippen LogP contribution in [0, 0.1) is 0 Å². The Kier molecular flexibility index (Phi) is 3.68. The molecule has 2 nitrogen and oxygen atoms in total. The predicted molar refractivity (Wildman–Crippen MR) is 30.1 cm³/mol. The van der Waals surface area contributed by atoms with Crippen LogP contribution in [0.3, 0.4) is 0 Å². The number of hydrogen-bond acceptors (Lipinski definition) is 2. The molecule has 0 saturated carbocycles. The molecular weight excluding hydrogens is 150 g/mol. The molecule has 0 aliphatic rings. The van der Waals surface area contributed by atoms with Gasteiger partial charge in [-0.15, -0.1) is 3.89 Å². The lowest BCUT2D eigenvalue weighted by Gasteiger charge is -1.89. The Morgan fingerprint density at radius 1 is 1.22 bits per heavy atom. The largest absolute Gasteiger partial charge is 0.302 e. The molecule has 0 aromatic carbocycles. The van der Waals surface area contributed by atoms with Gasteiger partial charge in [0.1, 0.15) is 0 Å². The highest BCUT2D eigenvalue weighted by molar-refractivity contribution is 7.86. The van der Waals surface area contributed by atoms with Gasteiger partial charge in [-0.2, -0.15) is 8.42 Å². The van der Waals surface area contributed by atoms with E-state index in [2.05, 4.69) is 0 Å². The fourth-order valence-electron chi connectivity index (χ4n) is 0.369. The molecule has 0 aromatic heterocycles. The van der Waals surface area contributed by atoms with Gasteiger partial charge in [0.15, 0.2) is 0 Å². The molecule has 0 N–H and O–H groups in total. The summed E-state index contributed by atoms with van der Waals surface area (Å²) in [7, 11) is -4.36. The first-order valence-corrected chi connectivity index (χ1v) is 4.10. The molecule has 0 radical (unpaired) electrons. The van der Waals surface area contributed by atoms with Gasteiger partial charge in [-0.05, 0) is 12.8 Å². The Morgan fingerprint density at radius 3 is 2.11 bits per heavy atom. The Balaban J connectivity index is 3.30. The van der Waals surface area contributed by atoms with Crippen LogP contribution in [0.5, 0.6) is 0 Å². The lowest BCUT2D eigenvalue weighted by Crippen LogP contribution is -1.97. The summed E-state index contributed by atoms with van der Waals surface area (Å²) in [5.74, 6) is -0.559. The number of unbranched alkanes of at least 4 members (excludes halogenated alkanes) is 1. The molecule has 0 atom stereocenters. The van der Waals surface area contributed by atoms with Crippen molar-refractivity contribution < 1.29 is 16.7 Å². The molecule has 0 bridgehead atoms. The summed E-state index contributed by atoms with van der Waals surface area (Å²) in [5.41, 5.74) is 0. The van der Waals surface area contributed by atoms with Gasteiger partial charge in [0.25, 0.3) is 0 Å². The van der Waals surface area contributed by atoms with Crippen LogP contribution in [0.15, 0.2) is 0 Å². The molecule has 0 amide bonds. The Bertz CT molecular complexity index is 152. The zero-order valence-corrected chi connectivity index (χ0v) is 5.63. The molecule has 0 aliphatic carbocycles. The molecule has 0 aromatic rings. The normalized spacial score (nSPS) is 11.8. The maximum atomic E-state index is 11.6. The summed E-state index contributed by atoms with van der Waals surface area (Å²) in [6.45, 7) is -0.588. The molecule has 0 spiro atoms. The zero-order valence-electron chi connectivity index (χ0n) is 4.81. The van der Waals surface area contributed by atoms with E-state index >= 15 is 0 Å². The van der Waals surface area contributed by atoms with E-state index in [1.54, 1.807) is 0 Å². The predicted octanol–water partition coefficient (Wildman–Crippen LogP) is 1.04. The molecule has 0 fully saturated rings. The van der Waals surface area contributed by atoms with E-state index in [0.717, 1.165) is 0 Å². The standard InChI is InChI=1S/C4H8F2O2S/c5-3-1-2-4-9(6,7)8/h1-4H2. The van der Waals surface area contributed by atoms with Crippen LogP contribution in [0.4, 0.5) is 8.28 Å². The van der Waals surface area contributed by atoms with Crippen LogP contribution >= 0.6 is 0 Å². The summed E-state index contributed by atoms with van der Waals surface area (Å²) in [6, 6.07) is 0. The lowest BCUT2D eigenvalue weighted by atomic mass is 10.4. The van der Waals surface area contributed by atoms with Gasteiger partial charge in [0.05, 0.1) is 12.4 Å². The number of alkyl halides is 1.